The van der Waals surface area contributed by atoms with Crippen LogP contribution in [-0.2, 0) is 22.3 Å². The van der Waals surface area contributed by atoms with Crippen LogP contribution in [0.4, 0.5) is 18.9 Å². The Morgan fingerprint density at radius 3 is 2.66 bits per heavy atom. The zero-order valence-electron chi connectivity index (χ0n) is 15.2. The van der Waals surface area contributed by atoms with E-state index in [0.29, 0.717) is 28.5 Å². The first-order valence-electron chi connectivity index (χ1n) is 8.36. The second-order valence-electron chi connectivity index (χ2n) is 5.89. The molecule has 0 radical (unpaired) electrons. The van der Waals surface area contributed by atoms with Gasteiger partial charge in [0.25, 0.3) is 5.56 Å². The number of carbonyl (C=O) groups is 1. The lowest BCUT2D eigenvalue weighted by Gasteiger charge is -2.12. The zero-order valence-corrected chi connectivity index (χ0v) is 16.8. The van der Waals surface area contributed by atoms with Crippen molar-refractivity contribution in [2.24, 2.45) is 0 Å². The van der Waals surface area contributed by atoms with Gasteiger partial charge in [0.05, 0.1) is 30.0 Å². The molecule has 1 N–H and O–H groups in total. The van der Waals surface area contributed by atoms with Gasteiger partial charge in [-0.2, -0.15) is 13.2 Å². The van der Waals surface area contributed by atoms with Crippen molar-refractivity contribution in [3.8, 4) is 0 Å². The lowest BCUT2D eigenvalue weighted by atomic mass is 10.2. The van der Waals surface area contributed by atoms with Crippen molar-refractivity contribution in [3.63, 3.8) is 0 Å². The van der Waals surface area contributed by atoms with Crippen LogP contribution in [0.25, 0.3) is 10.2 Å². The molecule has 2 aromatic heterocycles. The van der Waals surface area contributed by atoms with Gasteiger partial charge in [0.1, 0.15) is 4.70 Å². The summed E-state index contributed by atoms with van der Waals surface area (Å²) >= 11 is 2.37. The number of hydrogen-bond donors (Lipinski definition) is 1. The molecular formula is C18H16F3N3O3S2. The van der Waals surface area contributed by atoms with Gasteiger partial charge in [-0.3, -0.25) is 14.2 Å². The number of nitrogens with zero attached hydrogens (tertiary/aromatic N) is 2. The molecule has 1 aromatic carbocycles. The topological polar surface area (TPSA) is 73.2 Å². The average molecular weight is 443 g/mol. The summed E-state index contributed by atoms with van der Waals surface area (Å²) < 4.78 is 44.8. The Morgan fingerprint density at radius 2 is 2.00 bits per heavy atom. The molecule has 0 spiro atoms. The number of benzene rings is 1. The van der Waals surface area contributed by atoms with E-state index < -0.39 is 17.6 Å². The van der Waals surface area contributed by atoms with Crippen LogP contribution in [-0.4, -0.2) is 34.9 Å². The monoisotopic (exact) mass is 443 g/mol. The van der Waals surface area contributed by atoms with Crippen LogP contribution in [0, 0.1) is 0 Å². The third-order valence-corrected chi connectivity index (χ3v) is 5.75. The molecule has 154 valence electrons. The van der Waals surface area contributed by atoms with E-state index in [0.717, 1.165) is 23.9 Å². The Labute approximate surface area is 171 Å². The number of nitrogens with one attached hydrogen (secondary N) is 1. The first kappa shape index (κ1) is 21.3. The van der Waals surface area contributed by atoms with Crippen molar-refractivity contribution >= 4 is 44.9 Å². The summed E-state index contributed by atoms with van der Waals surface area (Å²) in [6, 6.07) is 5.91. The SMILES string of the molecule is COCCn1c(SCC(=O)Nc2ccc(C(F)(F)F)cc2)nc2ccsc2c1=O. The van der Waals surface area contributed by atoms with Gasteiger partial charge >= 0.3 is 6.18 Å². The number of thiophene rings is 1. The van der Waals surface area contributed by atoms with Crippen LogP contribution in [0.5, 0.6) is 0 Å². The smallest absolute Gasteiger partial charge is 0.383 e. The Balaban J connectivity index is 1.71. The van der Waals surface area contributed by atoms with Gasteiger partial charge in [-0.1, -0.05) is 11.8 Å². The molecule has 0 aliphatic heterocycles. The van der Waals surface area contributed by atoms with Crippen molar-refractivity contribution in [2.45, 2.75) is 17.9 Å². The predicted octanol–water partition coefficient (Wildman–Crippen LogP) is 3.85. The molecule has 1 amide bonds. The molecule has 0 atom stereocenters. The molecule has 0 unspecified atom stereocenters. The van der Waals surface area contributed by atoms with E-state index in [1.54, 1.807) is 11.4 Å². The van der Waals surface area contributed by atoms with Gasteiger partial charge in [-0.05, 0) is 35.7 Å². The highest BCUT2D eigenvalue weighted by molar-refractivity contribution is 7.99. The summed E-state index contributed by atoms with van der Waals surface area (Å²) in [5.74, 6) is -0.483. The maximum Gasteiger partial charge on any atom is 0.416 e. The lowest BCUT2D eigenvalue weighted by molar-refractivity contribution is -0.137. The quantitative estimate of drug-likeness (QED) is 0.444. The largest absolute Gasteiger partial charge is 0.416 e. The molecule has 3 aromatic rings. The maximum absolute atomic E-state index is 12.6. The molecule has 3 rings (SSSR count). The second-order valence-corrected chi connectivity index (χ2v) is 7.75. The van der Waals surface area contributed by atoms with Crippen molar-refractivity contribution in [2.75, 3.05) is 24.8 Å². The summed E-state index contributed by atoms with van der Waals surface area (Å²) in [7, 11) is 1.52. The third-order valence-electron chi connectivity index (χ3n) is 3.88. The highest BCUT2D eigenvalue weighted by atomic mass is 32.2. The minimum atomic E-state index is -4.43. The van der Waals surface area contributed by atoms with Crippen LogP contribution in [0.1, 0.15) is 5.56 Å². The van der Waals surface area contributed by atoms with Crippen molar-refractivity contribution < 1.29 is 22.7 Å². The van der Waals surface area contributed by atoms with Gasteiger partial charge in [0.2, 0.25) is 5.91 Å². The highest BCUT2D eigenvalue weighted by Crippen LogP contribution is 2.30. The molecule has 0 fully saturated rings. The molecule has 6 nitrogen and oxygen atoms in total. The first-order chi connectivity index (χ1) is 13.8. The molecule has 0 bridgehead atoms. The Bertz CT molecular complexity index is 1060. The van der Waals surface area contributed by atoms with Gasteiger partial charge in [-0.25, -0.2) is 4.98 Å². The fraction of sp³-hybridized carbons (Fsp3) is 0.278. The van der Waals surface area contributed by atoms with Crippen LogP contribution in [0.2, 0.25) is 0 Å². The number of aromatic nitrogens is 2. The zero-order chi connectivity index (χ0) is 21.0. The number of ether oxygens (including phenoxy) is 1. The Kier molecular flexibility index (Phi) is 6.60. The number of alkyl halides is 3. The number of methoxy groups -OCH3 is 1. The van der Waals surface area contributed by atoms with Gasteiger partial charge in [0, 0.05) is 12.8 Å². The summed E-state index contributed by atoms with van der Waals surface area (Å²) in [6.45, 7) is 0.600. The minimum absolute atomic E-state index is 0.0594. The normalized spacial score (nSPS) is 11.7. The third kappa shape index (κ3) is 5.17. The summed E-state index contributed by atoms with van der Waals surface area (Å²) in [4.78, 5) is 29.3. The van der Waals surface area contributed by atoms with Crippen LogP contribution >= 0.6 is 23.1 Å². The summed E-state index contributed by atoms with van der Waals surface area (Å²) in [6.07, 6.45) is -4.43. The van der Waals surface area contributed by atoms with E-state index in [-0.39, 0.29) is 17.0 Å². The average Bonchev–Trinajstić information content (AvgIpc) is 3.14. The number of fused-ring (bicyclic) bond motifs is 1. The van der Waals surface area contributed by atoms with E-state index in [1.807, 2.05) is 0 Å². The number of amides is 1. The van der Waals surface area contributed by atoms with E-state index in [1.165, 1.54) is 35.1 Å². The van der Waals surface area contributed by atoms with E-state index in [9.17, 15) is 22.8 Å². The van der Waals surface area contributed by atoms with Gasteiger partial charge < -0.3 is 10.1 Å². The lowest BCUT2D eigenvalue weighted by Crippen LogP contribution is -2.25. The van der Waals surface area contributed by atoms with Crippen molar-refractivity contribution in [1.82, 2.24) is 9.55 Å². The first-order valence-corrected chi connectivity index (χ1v) is 10.2. The fourth-order valence-electron chi connectivity index (χ4n) is 2.48. The molecule has 2 heterocycles. The molecule has 0 saturated carbocycles. The van der Waals surface area contributed by atoms with E-state index in [2.05, 4.69) is 10.3 Å². The number of carbonyl (C=O) groups excluding carboxylic acids is 1. The number of rotatable bonds is 7. The molecule has 0 aliphatic carbocycles. The second kappa shape index (κ2) is 8.97. The molecule has 29 heavy (non-hydrogen) atoms. The minimum Gasteiger partial charge on any atom is -0.383 e. The van der Waals surface area contributed by atoms with Crippen LogP contribution < -0.4 is 10.9 Å². The maximum atomic E-state index is 12.6. The predicted molar refractivity (Wildman–Crippen MR) is 107 cm³/mol. The number of halogens is 3. The number of thioether (sulfide) groups is 1. The summed E-state index contributed by atoms with van der Waals surface area (Å²) in [5.41, 5.74) is -0.186. The van der Waals surface area contributed by atoms with Crippen molar-refractivity contribution in [3.05, 3.63) is 51.6 Å². The molecular weight excluding hydrogens is 427 g/mol. The van der Waals surface area contributed by atoms with Crippen LogP contribution in [0.3, 0.4) is 0 Å². The number of hydrogen-bond acceptors (Lipinski definition) is 6. The van der Waals surface area contributed by atoms with Crippen LogP contribution in [0.15, 0.2) is 45.7 Å². The highest BCUT2D eigenvalue weighted by Gasteiger charge is 2.30. The van der Waals surface area contributed by atoms with Crippen molar-refractivity contribution in [1.29, 1.82) is 0 Å². The van der Waals surface area contributed by atoms with Gasteiger partial charge in [-0.15, -0.1) is 11.3 Å². The number of anilines is 1. The fourth-order valence-corrected chi connectivity index (χ4v) is 4.09. The molecule has 0 aliphatic rings. The molecule has 0 saturated heterocycles. The van der Waals surface area contributed by atoms with Gasteiger partial charge in [0.15, 0.2) is 5.16 Å². The summed E-state index contributed by atoms with van der Waals surface area (Å²) in [5, 5.41) is 4.68. The Hall–Kier alpha value is -2.37. The van der Waals surface area contributed by atoms with E-state index >= 15 is 0 Å². The Morgan fingerprint density at radius 1 is 1.28 bits per heavy atom. The molecule has 11 heteroatoms. The standard InChI is InChI=1S/C18H16F3N3O3S2/c1-27-8-7-24-16(26)15-13(6-9-28-15)23-17(24)29-10-14(25)22-12-4-2-11(3-5-12)18(19,20)21/h2-6,9H,7-8,10H2,1H3,(H,22,25). The van der Waals surface area contributed by atoms with E-state index in [4.69, 9.17) is 4.74 Å².